The molecule has 0 unspecified atom stereocenters. The molecule has 1 aliphatic rings. The number of rotatable bonds is 5. The van der Waals surface area contributed by atoms with Crippen LogP contribution in [0, 0.1) is 11.6 Å². The summed E-state index contributed by atoms with van der Waals surface area (Å²) in [5.74, 6) is -1.70. The lowest BCUT2D eigenvalue weighted by molar-refractivity contribution is 0.0729. The van der Waals surface area contributed by atoms with E-state index in [1.165, 1.54) is 29.5 Å². The first-order valence-electron chi connectivity index (χ1n) is 9.39. The predicted molar refractivity (Wildman–Crippen MR) is 114 cm³/mol. The van der Waals surface area contributed by atoms with Crippen LogP contribution in [0.3, 0.4) is 0 Å². The van der Waals surface area contributed by atoms with Gasteiger partial charge in [0.15, 0.2) is 0 Å². The number of halogens is 2. The predicted octanol–water partition coefficient (Wildman–Crippen LogP) is 3.97. The molecule has 1 N–H and O–H groups in total. The molecule has 1 saturated heterocycles. The average Bonchev–Trinajstić information content (AvgIpc) is 3.26. The molecule has 1 aliphatic heterocycles. The highest BCUT2D eigenvalue weighted by atomic mass is 32.2. The van der Waals surface area contributed by atoms with Gasteiger partial charge >= 0.3 is 0 Å². The summed E-state index contributed by atoms with van der Waals surface area (Å²) >= 11 is 1.21. The number of amides is 1. The van der Waals surface area contributed by atoms with Gasteiger partial charge in [-0.15, -0.1) is 11.3 Å². The van der Waals surface area contributed by atoms with Crippen LogP contribution < -0.4 is 5.32 Å². The molecular formula is C21H18F2N2O4S2. The number of benzene rings is 2. The first-order valence-corrected chi connectivity index (χ1v) is 11.6. The van der Waals surface area contributed by atoms with Gasteiger partial charge in [-0.25, -0.2) is 17.2 Å². The minimum Gasteiger partial charge on any atom is -0.379 e. The lowest BCUT2D eigenvalue weighted by atomic mass is 10.2. The number of morpholine rings is 1. The summed E-state index contributed by atoms with van der Waals surface area (Å²) in [6.07, 6.45) is 0. The lowest BCUT2D eigenvalue weighted by Crippen LogP contribution is -2.40. The fourth-order valence-electron chi connectivity index (χ4n) is 3.13. The number of carbonyl (C=O) groups is 1. The molecule has 10 heteroatoms. The van der Waals surface area contributed by atoms with Gasteiger partial charge in [0.05, 0.1) is 18.1 Å². The van der Waals surface area contributed by atoms with E-state index in [2.05, 4.69) is 5.32 Å². The third-order valence-electron chi connectivity index (χ3n) is 4.74. The van der Waals surface area contributed by atoms with Crippen molar-refractivity contribution in [2.24, 2.45) is 0 Å². The number of thiophene rings is 1. The van der Waals surface area contributed by atoms with Gasteiger partial charge in [0.25, 0.3) is 5.91 Å². The van der Waals surface area contributed by atoms with E-state index in [-0.39, 0.29) is 37.8 Å². The van der Waals surface area contributed by atoms with E-state index in [9.17, 15) is 22.0 Å². The Kier molecular flexibility index (Phi) is 6.15. The van der Waals surface area contributed by atoms with E-state index in [0.717, 1.165) is 26.9 Å². The van der Waals surface area contributed by atoms with Crippen molar-refractivity contribution in [3.63, 3.8) is 0 Å². The smallest absolute Gasteiger partial charge is 0.265 e. The Hall–Kier alpha value is -2.66. The van der Waals surface area contributed by atoms with Crippen molar-refractivity contribution in [2.45, 2.75) is 4.90 Å². The van der Waals surface area contributed by atoms with Gasteiger partial charge in [0, 0.05) is 23.7 Å². The van der Waals surface area contributed by atoms with Crippen molar-refractivity contribution in [1.29, 1.82) is 0 Å². The Bertz CT molecular complexity index is 1200. The quantitative estimate of drug-likeness (QED) is 0.620. The number of hydrogen-bond acceptors (Lipinski definition) is 5. The summed E-state index contributed by atoms with van der Waals surface area (Å²) in [5.41, 5.74) is 0.932. The Morgan fingerprint density at radius 1 is 1.00 bits per heavy atom. The molecular weight excluding hydrogens is 446 g/mol. The summed E-state index contributed by atoms with van der Waals surface area (Å²) in [5, 5.41) is 2.61. The third kappa shape index (κ3) is 4.67. The molecule has 31 heavy (non-hydrogen) atoms. The standard InChI is InChI=1S/C21H18F2N2O4S2/c22-15-3-1-14(2-4-15)18-7-8-19(30-18)21(26)24-16-5-6-17(23)20(13-16)31(27,28)25-9-11-29-12-10-25/h1-8,13H,9-12H2,(H,24,26). The topological polar surface area (TPSA) is 75.7 Å². The molecule has 0 bridgehead atoms. The summed E-state index contributed by atoms with van der Waals surface area (Å²) in [4.78, 5) is 13.3. The molecule has 0 radical (unpaired) electrons. The second-order valence-electron chi connectivity index (χ2n) is 6.79. The van der Waals surface area contributed by atoms with Crippen molar-refractivity contribution in [3.05, 3.63) is 71.1 Å². The SMILES string of the molecule is O=C(Nc1ccc(F)c(S(=O)(=O)N2CCOCC2)c1)c1ccc(-c2ccc(F)cc2)s1. The number of ether oxygens (including phenoxy) is 1. The molecule has 4 rings (SSSR count). The molecule has 1 fully saturated rings. The highest BCUT2D eigenvalue weighted by molar-refractivity contribution is 7.89. The van der Waals surface area contributed by atoms with Crippen LogP contribution in [0.2, 0.25) is 0 Å². The normalized spacial score (nSPS) is 15.0. The summed E-state index contributed by atoms with van der Waals surface area (Å²) in [6.45, 7) is 0.761. The minimum atomic E-state index is -4.05. The molecule has 3 aromatic rings. The maximum Gasteiger partial charge on any atom is 0.265 e. The molecule has 1 amide bonds. The van der Waals surface area contributed by atoms with E-state index in [4.69, 9.17) is 4.74 Å². The molecule has 6 nitrogen and oxygen atoms in total. The van der Waals surface area contributed by atoms with Gasteiger partial charge in [0.2, 0.25) is 10.0 Å². The van der Waals surface area contributed by atoms with E-state index < -0.39 is 26.6 Å². The van der Waals surface area contributed by atoms with Crippen molar-refractivity contribution < 1.29 is 26.7 Å². The molecule has 1 aromatic heterocycles. The van der Waals surface area contributed by atoms with E-state index in [1.54, 1.807) is 24.3 Å². The monoisotopic (exact) mass is 464 g/mol. The van der Waals surface area contributed by atoms with Crippen LogP contribution in [-0.2, 0) is 14.8 Å². The maximum absolute atomic E-state index is 14.3. The zero-order valence-corrected chi connectivity index (χ0v) is 17.8. The first kappa shape index (κ1) is 21.6. The Morgan fingerprint density at radius 3 is 2.42 bits per heavy atom. The van der Waals surface area contributed by atoms with Crippen LogP contribution in [0.15, 0.2) is 59.5 Å². The fraction of sp³-hybridized carbons (Fsp3) is 0.190. The van der Waals surface area contributed by atoms with Crippen molar-refractivity contribution >= 4 is 33.0 Å². The zero-order chi connectivity index (χ0) is 22.0. The largest absolute Gasteiger partial charge is 0.379 e. The first-order chi connectivity index (χ1) is 14.8. The molecule has 0 spiro atoms. The number of carbonyl (C=O) groups excluding carboxylic acids is 1. The van der Waals surface area contributed by atoms with Crippen LogP contribution in [-0.4, -0.2) is 44.9 Å². The van der Waals surface area contributed by atoms with Crippen LogP contribution >= 0.6 is 11.3 Å². The van der Waals surface area contributed by atoms with E-state index >= 15 is 0 Å². The van der Waals surface area contributed by atoms with Crippen LogP contribution in [0.25, 0.3) is 10.4 Å². The number of nitrogens with one attached hydrogen (secondary N) is 1. The van der Waals surface area contributed by atoms with Crippen molar-refractivity contribution in [2.75, 3.05) is 31.6 Å². The average molecular weight is 465 g/mol. The number of hydrogen-bond donors (Lipinski definition) is 1. The second kappa shape index (κ2) is 8.83. The Balaban J connectivity index is 1.54. The maximum atomic E-state index is 14.3. The summed E-state index contributed by atoms with van der Waals surface area (Å²) in [6, 6.07) is 12.7. The molecule has 0 atom stereocenters. The zero-order valence-electron chi connectivity index (χ0n) is 16.2. The molecule has 2 aromatic carbocycles. The van der Waals surface area contributed by atoms with Gasteiger partial charge in [-0.05, 0) is 48.0 Å². The summed E-state index contributed by atoms with van der Waals surface area (Å²) in [7, 11) is -4.05. The highest BCUT2D eigenvalue weighted by Gasteiger charge is 2.29. The second-order valence-corrected chi connectivity index (χ2v) is 9.78. The molecule has 2 heterocycles. The number of nitrogens with zero attached hydrogens (tertiary/aromatic N) is 1. The van der Waals surface area contributed by atoms with Crippen LogP contribution in [0.5, 0.6) is 0 Å². The highest BCUT2D eigenvalue weighted by Crippen LogP contribution is 2.29. The van der Waals surface area contributed by atoms with Gasteiger partial charge in [-0.1, -0.05) is 12.1 Å². The Labute approximate surface area is 182 Å². The molecule has 0 saturated carbocycles. The summed E-state index contributed by atoms with van der Waals surface area (Å²) < 4.78 is 59.3. The lowest BCUT2D eigenvalue weighted by Gasteiger charge is -2.26. The van der Waals surface area contributed by atoms with Gasteiger partial charge < -0.3 is 10.1 Å². The van der Waals surface area contributed by atoms with Gasteiger partial charge in [-0.3, -0.25) is 4.79 Å². The van der Waals surface area contributed by atoms with E-state index in [1.807, 2.05) is 0 Å². The fourth-order valence-corrected chi connectivity index (χ4v) is 5.53. The van der Waals surface area contributed by atoms with Crippen LogP contribution in [0.1, 0.15) is 9.67 Å². The third-order valence-corrected chi connectivity index (χ3v) is 7.78. The van der Waals surface area contributed by atoms with Gasteiger partial charge in [-0.2, -0.15) is 4.31 Å². The van der Waals surface area contributed by atoms with Crippen LogP contribution in [0.4, 0.5) is 14.5 Å². The van der Waals surface area contributed by atoms with Crippen molar-refractivity contribution in [1.82, 2.24) is 4.31 Å². The van der Waals surface area contributed by atoms with E-state index in [0.29, 0.717) is 4.88 Å². The minimum absolute atomic E-state index is 0.139. The van der Waals surface area contributed by atoms with Crippen molar-refractivity contribution in [3.8, 4) is 10.4 Å². The number of sulfonamides is 1. The van der Waals surface area contributed by atoms with Gasteiger partial charge in [0.1, 0.15) is 16.5 Å². The Morgan fingerprint density at radius 2 is 1.71 bits per heavy atom. The molecule has 162 valence electrons. The number of anilines is 1. The molecule has 0 aliphatic carbocycles.